The van der Waals surface area contributed by atoms with Crippen LogP contribution in [-0.2, 0) is 0 Å². The highest BCUT2D eigenvalue weighted by atomic mass is 14.4. The summed E-state index contributed by atoms with van der Waals surface area (Å²) in [6, 6.07) is 2.45. The van der Waals surface area contributed by atoms with E-state index in [1.165, 1.54) is 25.7 Å². The second-order valence-corrected chi connectivity index (χ2v) is 4.74. The summed E-state index contributed by atoms with van der Waals surface area (Å²) in [5.41, 5.74) is 0. The molecule has 1 nitrogen and oxygen atoms in total. The molecule has 2 aliphatic carbocycles. The van der Waals surface area contributed by atoms with Gasteiger partial charge in [0.2, 0.25) is 0 Å². The summed E-state index contributed by atoms with van der Waals surface area (Å²) in [5.74, 6) is 3.08. The van der Waals surface area contributed by atoms with Crippen LogP contribution in [0.3, 0.4) is 0 Å². The van der Waals surface area contributed by atoms with Crippen LogP contribution in [0.1, 0.15) is 39.0 Å². The van der Waals surface area contributed by atoms with Crippen molar-refractivity contribution in [3.8, 4) is 6.07 Å². The molecule has 0 heterocycles. The first-order valence-corrected chi connectivity index (χ1v) is 5.19. The molecule has 2 saturated carbocycles. The SMILES string of the molecule is CC1CC(C#N)CC(C2CC2)C1. The van der Waals surface area contributed by atoms with Crippen molar-refractivity contribution in [1.29, 1.82) is 5.26 Å². The first-order chi connectivity index (χ1) is 5.79. The van der Waals surface area contributed by atoms with Gasteiger partial charge in [0.05, 0.1) is 6.07 Å². The summed E-state index contributed by atoms with van der Waals surface area (Å²) < 4.78 is 0. The zero-order chi connectivity index (χ0) is 8.55. The fraction of sp³-hybridized carbons (Fsp3) is 0.909. The van der Waals surface area contributed by atoms with Gasteiger partial charge in [0.1, 0.15) is 0 Å². The number of nitrogens with zero attached hydrogens (tertiary/aromatic N) is 1. The highest BCUT2D eigenvalue weighted by Gasteiger charge is 2.36. The van der Waals surface area contributed by atoms with Crippen LogP contribution in [-0.4, -0.2) is 0 Å². The zero-order valence-corrected chi connectivity index (χ0v) is 7.79. The Morgan fingerprint density at radius 1 is 1.08 bits per heavy atom. The van der Waals surface area contributed by atoms with Crippen LogP contribution in [0.2, 0.25) is 0 Å². The maximum absolute atomic E-state index is 8.88. The summed E-state index contributed by atoms with van der Waals surface area (Å²) >= 11 is 0. The fourth-order valence-corrected chi connectivity index (χ4v) is 2.71. The third kappa shape index (κ3) is 1.63. The minimum absolute atomic E-state index is 0.374. The van der Waals surface area contributed by atoms with Gasteiger partial charge in [0, 0.05) is 5.92 Å². The van der Waals surface area contributed by atoms with Crippen molar-refractivity contribution in [2.75, 3.05) is 0 Å². The molecule has 0 radical (unpaired) electrons. The fourth-order valence-electron chi connectivity index (χ4n) is 2.71. The van der Waals surface area contributed by atoms with Crippen LogP contribution in [0, 0.1) is 35.0 Å². The molecule has 66 valence electrons. The topological polar surface area (TPSA) is 23.8 Å². The van der Waals surface area contributed by atoms with E-state index in [-0.39, 0.29) is 0 Å². The quantitative estimate of drug-likeness (QED) is 0.583. The number of nitriles is 1. The number of hydrogen-bond acceptors (Lipinski definition) is 1. The van der Waals surface area contributed by atoms with E-state index in [0.29, 0.717) is 5.92 Å². The zero-order valence-electron chi connectivity index (χ0n) is 7.79. The molecule has 0 aromatic rings. The summed E-state index contributed by atoms with van der Waals surface area (Å²) in [6.45, 7) is 2.30. The molecule has 12 heavy (non-hydrogen) atoms. The molecule has 2 fully saturated rings. The molecule has 0 spiro atoms. The van der Waals surface area contributed by atoms with Crippen LogP contribution >= 0.6 is 0 Å². The van der Waals surface area contributed by atoms with E-state index in [4.69, 9.17) is 5.26 Å². The van der Waals surface area contributed by atoms with Crippen molar-refractivity contribution < 1.29 is 0 Å². The Labute approximate surface area is 74.8 Å². The van der Waals surface area contributed by atoms with E-state index in [2.05, 4.69) is 13.0 Å². The highest BCUT2D eigenvalue weighted by Crippen LogP contribution is 2.46. The Kier molecular flexibility index (Phi) is 2.09. The molecule has 0 aliphatic heterocycles. The molecule has 0 saturated heterocycles. The normalized spacial score (nSPS) is 42.2. The first kappa shape index (κ1) is 8.10. The second-order valence-electron chi connectivity index (χ2n) is 4.74. The van der Waals surface area contributed by atoms with E-state index in [1.807, 2.05) is 0 Å². The molecule has 0 bridgehead atoms. The Morgan fingerprint density at radius 3 is 2.42 bits per heavy atom. The Balaban J connectivity index is 1.94. The lowest BCUT2D eigenvalue weighted by atomic mass is 9.74. The molecule has 2 aliphatic rings. The predicted octanol–water partition coefficient (Wildman–Crippen LogP) is 2.97. The third-order valence-corrected chi connectivity index (χ3v) is 3.45. The molecule has 3 unspecified atom stereocenters. The van der Waals surface area contributed by atoms with Crippen molar-refractivity contribution in [2.24, 2.45) is 23.7 Å². The molecule has 3 atom stereocenters. The molecular formula is C11H17N. The minimum Gasteiger partial charge on any atom is -0.198 e. The summed E-state index contributed by atoms with van der Waals surface area (Å²) in [7, 11) is 0. The van der Waals surface area contributed by atoms with Gasteiger partial charge in [-0.3, -0.25) is 0 Å². The molecule has 0 aromatic heterocycles. The maximum Gasteiger partial charge on any atom is 0.0655 e. The summed E-state index contributed by atoms with van der Waals surface area (Å²) in [5, 5.41) is 8.88. The largest absolute Gasteiger partial charge is 0.198 e. The van der Waals surface area contributed by atoms with Crippen molar-refractivity contribution in [3.63, 3.8) is 0 Å². The van der Waals surface area contributed by atoms with E-state index in [1.54, 1.807) is 0 Å². The second kappa shape index (κ2) is 3.09. The summed E-state index contributed by atoms with van der Waals surface area (Å²) in [6.07, 6.45) is 6.62. The Hall–Kier alpha value is -0.510. The first-order valence-electron chi connectivity index (χ1n) is 5.19. The maximum atomic E-state index is 8.88. The van der Waals surface area contributed by atoms with E-state index in [0.717, 1.165) is 24.2 Å². The van der Waals surface area contributed by atoms with Crippen molar-refractivity contribution in [3.05, 3.63) is 0 Å². The molecule has 2 rings (SSSR count). The highest BCUT2D eigenvalue weighted by molar-refractivity contribution is 4.94. The molecule has 0 amide bonds. The summed E-state index contributed by atoms with van der Waals surface area (Å²) in [4.78, 5) is 0. The van der Waals surface area contributed by atoms with Gasteiger partial charge in [-0.1, -0.05) is 6.92 Å². The molecule has 0 N–H and O–H groups in total. The van der Waals surface area contributed by atoms with Gasteiger partial charge in [-0.05, 0) is 49.9 Å². The van der Waals surface area contributed by atoms with Crippen molar-refractivity contribution in [2.45, 2.75) is 39.0 Å². The standard InChI is InChI=1S/C11H17N/c1-8-4-9(7-12)6-11(5-8)10-2-3-10/h8-11H,2-6H2,1H3. The van der Waals surface area contributed by atoms with E-state index >= 15 is 0 Å². The van der Waals surface area contributed by atoms with Gasteiger partial charge >= 0.3 is 0 Å². The van der Waals surface area contributed by atoms with Crippen LogP contribution in [0.5, 0.6) is 0 Å². The van der Waals surface area contributed by atoms with E-state index < -0.39 is 0 Å². The number of rotatable bonds is 1. The Morgan fingerprint density at radius 2 is 1.83 bits per heavy atom. The monoisotopic (exact) mass is 163 g/mol. The average molecular weight is 163 g/mol. The molecular weight excluding hydrogens is 146 g/mol. The molecule has 1 heteroatoms. The van der Waals surface area contributed by atoms with Crippen LogP contribution < -0.4 is 0 Å². The minimum atomic E-state index is 0.374. The van der Waals surface area contributed by atoms with E-state index in [9.17, 15) is 0 Å². The van der Waals surface area contributed by atoms with Crippen molar-refractivity contribution in [1.82, 2.24) is 0 Å². The predicted molar refractivity (Wildman–Crippen MR) is 48.3 cm³/mol. The lowest BCUT2D eigenvalue weighted by molar-refractivity contribution is 0.219. The number of hydrogen-bond donors (Lipinski definition) is 0. The van der Waals surface area contributed by atoms with Gasteiger partial charge in [-0.2, -0.15) is 5.26 Å². The van der Waals surface area contributed by atoms with Crippen LogP contribution in [0.25, 0.3) is 0 Å². The lowest BCUT2D eigenvalue weighted by Crippen LogP contribution is -2.21. The van der Waals surface area contributed by atoms with Gasteiger partial charge in [-0.15, -0.1) is 0 Å². The van der Waals surface area contributed by atoms with Crippen LogP contribution in [0.4, 0.5) is 0 Å². The molecule has 0 aromatic carbocycles. The lowest BCUT2D eigenvalue weighted by Gasteiger charge is -2.29. The smallest absolute Gasteiger partial charge is 0.0655 e. The Bertz CT molecular complexity index is 200. The van der Waals surface area contributed by atoms with Gasteiger partial charge in [0.15, 0.2) is 0 Å². The average Bonchev–Trinajstić information content (AvgIpc) is 2.85. The van der Waals surface area contributed by atoms with Gasteiger partial charge in [-0.25, -0.2) is 0 Å². The third-order valence-electron chi connectivity index (χ3n) is 3.45. The van der Waals surface area contributed by atoms with Gasteiger partial charge in [0.25, 0.3) is 0 Å². The van der Waals surface area contributed by atoms with Gasteiger partial charge < -0.3 is 0 Å². The van der Waals surface area contributed by atoms with Crippen molar-refractivity contribution >= 4 is 0 Å². The van der Waals surface area contributed by atoms with Crippen LogP contribution in [0.15, 0.2) is 0 Å².